The molecule has 0 heterocycles. The van der Waals surface area contributed by atoms with E-state index in [0.29, 0.717) is 18.9 Å². The zero-order valence-corrected chi connectivity index (χ0v) is 17.7. The molecule has 1 aliphatic rings. The summed E-state index contributed by atoms with van der Waals surface area (Å²) in [6, 6.07) is -0.804. The third-order valence-corrected chi connectivity index (χ3v) is 5.91. The number of aliphatic hydroxyl groups is 1. The van der Waals surface area contributed by atoms with Crippen molar-refractivity contribution in [2.45, 2.75) is 77.9 Å². The van der Waals surface area contributed by atoms with Crippen molar-refractivity contribution >= 4 is 17.5 Å². The number of carbonyl (C=O) groups is 3. The van der Waals surface area contributed by atoms with E-state index in [1.54, 1.807) is 13.8 Å². The second-order valence-corrected chi connectivity index (χ2v) is 8.45. The van der Waals surface area contributed by atoms with Crippen molar-refractivity contribution in [1.29, 1.82) is 0 Å². The van der Waals surface area contributed by atoms with Crippen molar-refractivity contribution in [2.75, 3.05) is 13.1 Å². The zero-order valence-electron chi connectivity index (χ0n) is 17.7. The van der Waals surface area contributed by atoms with Gasteiger partial charge in [0.1, 0.15) is 5.78 Å². The van der Waals surface area contributed by atoms with Gasteiger partial charge in [-0.3, -0.25) is 14.4 Å². The number of nitrogens with one attached hydrogen (secondary N) is 1. The molecule has 1 unspecified atom stereocenters. The summed E-state index contributed by atoms with van der Waals surface area (Å²) in [5.74, 6) is -1.69. The van der Waals surface area contributed by atoms with Crippen molar-refractivity contribution < 1.29 is 19.5 Å². The molecule has 4 atom stereocenters. The van der Waals surface area contributed by atoms with Crippen molar-refractivity contribution in [1.82, 2.24) is 5.32 Å². The van der Waals surface area contributed by atoms with E-state index < -0.39 is 24.0 Å². The Balaban J connectivity index is 2.84. The molecule has 1 aliphatic carbocycles. The fourth-order valence-electron chi connectivity index (χ4n) is 4.15. The molecule has 1 rings (SSSR count). The molecule has 0 aromatic carbocycles. The molecule has 0 spiro atoms. The minimum absolute atomic E-state index is 0.0128. The fraction of sp³-hybridized carbons (Fsp3) is 0.857. The topological polar surface area (TPSA) is 136 Å². The summed E-state index contributed by atoms with van der Waals surface area (Å²) < 4.78 is 0. The van der Waals surface area contributed by atoms with Gasteiger partial charge in [-0.05, 0) is 38.6 Å². The highest BCUT2D eigenvalue weighted by molar-refractivity contribution is 5.93. The predicted molar refractivity (Wildman–Crippen MR) is 109 cm³/mol. The number of hydrogen-bond acceptors (Lipinski definition) is 6. The maximum absolute atomic E-state index is 13.0. The van der Waals surface area contributed by atoms with E-state index in [9.17, 15) is 19.5 Å². The van der Waals surface area contributed by atoms with E-state index in [1.165, 1.54) is 13.3 Å². The van der Waals surface area contributed by atoms with Gasteiger partial charge in [-0.25, -0.2) is 0 Å². The maximum atomic E-state index is 13.0. The molecule has 0 aromatic rings. The lowest BCUT2D eigenvalue weighted by Crippen LogP contribution is -2.51. The van der Waals surface area contributed by atoms with Crippen LogP contribution in [0.15, 0.2) is 0 Å². The number of carbonyl (C=O) groups excluding carboxylic acids is 3. The van der Waals surface area contributed by atoms with Crippen LogP contribution >= 0.6 is 0 Å². The van der Waals surface area contributed by atoms with Gasteiger partial charge >= 0.3 is 0 Å². The Hall–Kier alpha value is -1.31. The fourth-order valence-corrected chi connectivity index (χ4v) is 4.15. The molecule has 0 aromatic heterocycles. The maximum Gasteiger partial charge on any atom is 0.226 e. The van der Waals surface area contributed by atoms with Crippen LogP contribution in [-0.2, 0) is 14.4 Å². The van der Waals surface area contributed by atoms with Crippen molar-refractivity contribution in [3.63, 3.8) is 0 Å². The number of aliphatic hydroxyl groups excluding tert-OH is 1. The Morgan fingerprint density at radius 1 is 1.07 bits per heavy atom. The van der Waals surface area contributed by atoms with Crippen LogP contribution in [0.3, 0.4) is 0 Å². The van der Waals surface area contributed by atoms with Gasteiger partial charge in [0.25, 0.3) is 0 Å². The van der Waals surface area contributed by atoms with Crippen LogP contribution in [0.5, 0.6) is 0 Å². The molecule has 0 radical (unpaired) electrons. The smallest absolute Gasteiger partial charge is 0.226 e. The first-order chi connectivity index (χ1) is 13.2. The molecular weight excluding hydrogens is 358 g/mol. The van der Waals surface area contributed by atoms with E-state index >= 15 is 0 Å². The minimum Gasteiger partial charge on any atom is -0.393 e. The lowest BCUT2D eigenvalue weighted by molar-refractivity contribution is -0.137. The Morgan fingerprint density at radius 2 is 1.68 bits per heavy atom. The number of amides is 1. The minimum atomic E-state index is -0.999. The second-order valence-electron chi connectivity index (χ2n) is 8.45. The van der Waals surface area contributed by atoms with E-state index in [1.807, 2.05) is 0 Å². The molecule has 162 valence electrons. The summed E-state index contributed by atoms with van der Waals surface area (Å²) in [6.45, 7) is 5.40. The molecule has 0 aliphatic heterocycles. The van der Waals surface area contributed by atoms with Crippen LogP contribution < -0.4 is 16.8 Å². The molecule has 7 heteroatoms. The van der Waals surface area contributed by atoms with Crippen molar-refractivity contribution in [3.8, 4) is 0 Å². The summed E-state index contributed by atoms with van der Waals surface area (Å²) in [7, 11) is 0. The molecule has 0 saturated heterocycles. The number of ketones is 2. The first-order valence-electron chi connectivity index (χ1n) is 10.7. The molecular formula is C21H39N3O4. The SMILES string of the molecule is CC(C)C(=O)[C@H](CN)NC(=O)[C@@H](CC(=O)C(CCN)C1CCCCC1)[C@H](C)O. The number of nitrogens with two attached hydrogens (primary N) is 2. The molecule has 1 saturated carbocycles. The first kappa shape index (κ1) is 24.7. The summed E-state index contributed by atoms with van der Waals surface area (Å²) in [5, 5.41) is 12.8. The van der Waals surface area contributed by atoms with Gasteiger partial charge in [-0.1, -0.05) is 33.1 Å². The molecule has 6 N–H and O–H groups in total. The van der Waals surface area contributed by atoms with E-state index in [4.69, 9.17) is 11.5 Å². The van der Waals surface area contributed by atoms with Crippen LogP contribution in [0.2, 0.25) is 0 Å². The third kappa shape index (κ3) is 7.26. The number of hydrogen-bond donors (Lipinski definition) is 4. The monoisotopic (exact) mass is 397 g/mol. The Morgan fingerprint density at radius 3 is 2.14 bits per heavy atom. The van der Waals surface area contributed by atoms with Crippen LogP contribution in [0.1, 0.15) is 65.7 Å². The van der Waals surface area contributed by atoms with Gasteiger partial charge in [-0.15, -0.1) is 0 Å². The zero-order chi connectivity index (χ0) is 21.3. The number of rotatable bonds is 12. The molecule has 7 nitrogen and oxygen atoms in total. The van der Waals surface area contributed by atoms with Crippen molar-refractivity contribution in [2.24, 2.45) is 35.1 Å². The molecule has 1 fully saturated rings. The highest BCUT2D eigenvalue weighted by Crippen LogP contribution is 2.33. The highest BCUT2D eigenvalue weighted by atomic mass is 16.3. The predicted octanol–water partition coefficient (Wildman–Crippen LogP) is 1.16. The van der Waals surface area contributed by atoms with Crippen LogP contribution in [0, 0.1) is 23.7 Å². The van der Waals surface area contributed by atoms with Crippen LogP contribution in [0.25, 0.3) is 0 Å². The molecule has 28 heavy (non-hydrogen) atoms. The highest BCUT2D eigenvalue weighted by Gasteiger charge is 2.35. The lowest BCUT2D eigenvalue weighted by atomic mass is 9.74. The Labute approximate surface area is 169 Å². The van der Waals surface area contributed by atoms with Crippen LogP contribution in [-0.4, -0.2) is 47.8 Å². The van der Waals surface area contributed by atoms with Crippen LogP contribution in [0.4, 0.5) is 0 Å². The quantitative estimate of drug-likeness (QED) is 0.390. The van der Waals surface area contributed by atoms with Gasteiger partial charge < -0.3 is 21.9 Å². The standard InChI is InChI=1S/C21H39N3O4/c1-13(2)20(27)18(12-23)24-21(28)17(14(3)25)11-19(26)16(9-10-22)15-7-5-4-6-8-15/h13-18,25H,4-12,22-23H2,1-3H3,(H,24,28)/t14-,16?,17-,18-/m0/s1. The average Bonchev–Trinajstić information content (AvgIpc) is 2.67. The molecule has 1 amide bonds. The van der Waals surface area contributed by atoms with Gasteiger partial charge in [0, 0.05) is 24.8 Å². The van der Waals surface area contributed by atoms with E-state index in [-0.39, 0.29) is 36.4 Å². The van der Waals surface area contributed by atoms with Gasteiger partial charge in [0.05, 0.1) is 18.1 Å². The second kappa shape index (κ2) is 12.3. The van der Waals surface area contributed by atoms with Crippen molar-refractivity contribution in [3.05, 3.63) is 0 Å². The van der Waals surface area contributed by atoms with Gasteiger partial charge in [0.2, 0.25) is 5.91 Å². The third-order valence-electron chi connectivity index (χ3n) is 5.91. The largest absolute Gasteiger partial charge is 0.393 e. The van der Waals surface area contributed by atoms with Gasteiger partial charge in [-0.2, -0.15) is 0 Å². The molecule has 0 bridgehead atoms. The number of Topliss-reactive ketones (excluding diaryl/α,β-unsaturated/α-hetero) is 2. The normalized spacial score (nSPS) is 19.7. The average molecular weight is 398 g/mol. The Bertz CT molecular complexity index is 516. The van der Waals surface area contributed by atoms with E-state index in [0.717, 1.165) is 25.7 Å². The Kier molecular flexibility index (Phi) is 10.9. The summed E-state index contributed by atoms with van der Waals surface area (Å²) in [5.41, 5.74) is 11.4. The summed E-state index contributed by atoms with van der Waals surface area (Å²) >= 11 is 0. The summed E-state index contributed by atoms with van der Waals surface area (Å²) in [4.78, 5) is 37.9. The first-order valence-corrected chi connectivity index (χ1v) is 10.7. The van der Waals surface area contributed by atoms with Gasteiger partial charge in [0.15, 0.2) is 5.78 Å². The summed E-state index contributed by atoms with van der Waals surface area (Å²) in [6.07, 6.45) is 5.03. The van der Waals surface area contributed by atoms with E-state index in [2.05, 4.69) is 5.32 Å². The lowest BCUT2D eigenvalue weighted by Gasteiger charge is -2.31.